The Balaban J connectivity index is 1.85. The Morgan fingerprint density at radius 2 is 2.23 bits per heavy atom. The van der Waals surface area contributed by atoms with E-state index in [2.05, 4.69) is 22.5 Å². The number of guanidine groups is 1. The number of aliphatic imine (C=N–C) groups is 1. The van der Waals surface area contributed by atoms with Crippen LogP contribution in [0.3, 0.4) is 0 Å². The SMILES string of the molecule is CC1CCCCC1NC1=NCCN1. The van der Waals surface area contributed by atoms with Gasteiger partial charge in [0.1, 0.15) is 0 Å². The van der Waals surface area contributed by atoms with Crippen LogP contribution in [-0.2, 0) is 0 Å². The Kier molecular flexibility index (Phi) is 2.71. The molecule has 13 heavy (non-hydrogen) atoms. The van der Waals surface area contributed by atoms with Crippen LogP contribution in [0.2, 0.25) is 0 Å². The summed E-state index contributed by atoms with van der Waals surface area (Å²) in [6.07, 6.45) is 5.45. The highest BCUT2D eigenvalue weighted by atomic mass is 15.2. The van der Waals surface area contributed by atoms with E-state index in [4.69, 9.17) is 0 Å². The second-order valence-electron chi connectivity index (χ2n) is 4.17. The van der Waals surface area contributed by atoms with Gasteiger partial charge in [-0.05, 0) is 18.8 Å². The van der Waals surface area contributed by atoms with Crippen LogP contribution < -0.4 is 10.6 Å². The van der Waals surface area contributed by atoms with E-state index in [1.165, 1.54) is 25.7 Å². The number of hydrogen-bond acceptors (Lipinski definition) is 3. The largest absolute Gasteiger partial charge is 0.355 e. The van der Waals surface area contributed by atoms with Gasteiger partial charge in [0.25, 0.3) is 0 Å². The fraction of sp³-hybridized carbons (Fsp3) is 0.900. The molecule has 0 aromatic carbocycles. The summed E-state index contributed by atoms with van der Waals surface area (Å²) in [5.74, 6) is 1.83. The van der Waals surface area contributed by atoms with Gasteiger partial charge >= 0.3 is 0 Å². The second-order valence-corrected chi connectivity index (χ2v) is 4.17. The van der Waals surface area contributed by atoms with Gasteiger partial charge in [0.05, 0.1) is 6.54 Å². The van der Waals surface area contributed by atoms with Crippen LogP contribution in [0, 0.1) is 5.92 Å². The van der Waals surface area contributed by atoms with Gasteiger partial charge in [-0.2, -0.15) is 0 Å². The molecule has 74 valence electrons. The molecule has 0 aromatic rings. The van der Waals surface area contributed by atoms with E-state index < -0.39 is 0 Å². The zero-order valence-electron chi connectivity index (χ0n) is 8.34. The van der Waals surface area contributed by atoms with E-state index in [9.17, 15) is 0 Å². The first-order chi connectivity index (χ1) is 6.36. The van der Waals surface area contributed by atoms with Crippen molar-refractivity contribution in [2.75, 3.05) is 13.1 Å². The van der Waals surface area contributed by atoms with Crippen LogP contribution in [0.4, 0.5) is 0 Å². The van der Waals surface area contributed by atoms with Crippen molar-refractivity contribution < 1.29 is 0 Å². The molecule has 2 aliphatic rings. The molecule has 2 N–H and O–H groups in total. The van der Waals surface area contributed by atoms with Crippen LogP contribution in [0.1, 0.15) is 32.6 Å². The van der Waals surface area contributed by atoms with Gasteiger partial charge < -0.3 is 10.6 Å². The third-order valence-corrected chi connectivity index (χ3v) is 3.11. The normalized spacial score (nSPS) is 33.8. The maximum atomic E-state index is 4.36. The Bertz CT molecular complexity index is 200. The van der Waals surface area contributed by atoms with Crippen molar-refractivity contribution in [3.05, 3.63) is 0 Å². The average molecular weight is 181 g/mol. The molecular weight excluding hydrogens is 162 g/mol. The smallest absolute Gasteiger partial charge is 0.191 e. The van der Waals surface area contributed by atoms with Crippen molar-refractivity contribution in [2.24, 2.45) is 10.9 Å². The summed E-state index contributed by atoms with van der Waals surface area (Å²) in [6.45, 7) is 4.28. The predicted molar refractivity (Wildman–Crippen MR) is 54.9 cm³/mol. The summed E-state index contributed by atoms with van der Waals surface area (Å²) in [6, 6.07) is 0.651. The van der Waals surface area contributed by atoms with Crippen LogP contribution in [0.25, 0.3) is 0 Å². The molecule has 1 fully saturated rings. The van der Waals surface area contributed by atoms with Crippen LogP contribution in [-0.4, -0.2) is 25.1 Å². The van der Waals surface area contributed by atoms with Crippen molar-refractivity contribution in [2.45, 2.75) is 38.6 Å². The van der Waals surface area contributed by atoms with Gasteiger partial charge in [-0.15, -0.1) is 0 Å². The van der Waals surface area contributed by atoms with Crippen molar-refractivity contribution in [3.63, 3.8) is 0 Å². The van der Waals surface area contributed by atoms with Crippen LogP contribution in [0.15, 0.2) is 4.99 Å². The highest BCUT2D eigenvalue weighted by Crippen LogP contribution is 2.23. The van der Waals surface area contributed by atoms with Crippen molar-refractivity contribution >= 4 is 5.96 Å². The van der Waals surface area contributed by atoms with Crippen LogP contribution in [0.5, 0.6) is 0 Å². The number of nitrogens with one attached hydrogen (secondary N) is 2. The van der Waals surface area contributed by atoms with Gasteiger partial charge in [-0.25, -0.2) is 0 Å². The molecule has 1 saturated carbocycles. The first-order valence-corrected chi connectivity index (χ1v) is 5.41. The lowest BCUT2D eigenvalue weighted by molar-refractivity contribution is 0.307. The first-order valence-electron chi connectivity index (χ1n) is 5.41. The second kappa shape index (κ2) is 3.99. The molecule has 0 bridgehead atoms. The minimum Gasteiger partial charge on any atom is -0.355 e. The fourth-order valence-electron chi connectivity index (χ4n) is 2.20. The summed E-state index contributed by atoms with van der Waals surface area (Å²) in [5.41, 5.74) is 0. The highest BCUT2D eigenvalue weighted by Gasteiger charge is 2.22. The molecule has 2 atom stereocenters. The molecular formula is C10H19N3. The zero-order chi connectivity index (χ0) is 9.10. The van der Waals surface area contributed by atoms with Gasteiger partial charge in [0.15, 0.2) is 5.96 Å². The fourth-order valence-corrected chi connectivity index (χ4v) is 2.20. The Morgan fingerprint density at radius 3 is 2.92 bits per heavy atom. The lowest BCUT2D eigenvalue weighted by Gasteiger charge is -2.30. The zero-order valence-corrected chi connectivity index (χ0v) is 8.34. The molecule has 2 unspecified atom stereocenters. The highest BCUT2D eigenvalue weighted by molar-refractivity contribution is 5.81. The molecule has 1 aliphatic carbocycles. The monoisotopic (exact) mass is 181 g/mol. The Hall–Kier alpha value is -0.730. The van der Waals surface area contributed by atoms with Gasteiger partial charge in [-0.1, -0.05) is 19.8 Å². The third-order valence-electron chi connectivity index (χ3n) is 3.11. The predicted octanol–water partition coefficient (Wildman–Crippen LogP) is 1.11. The van der Waals surface area contributed by atoms with E-state index in [1.54, 1.807) is 0 Å². The summed E-state index contributed by atoms with van der Waals surface area (Å²) < 4.78 is 0. The molecule has 0 saturated heterocycles. The topological polar surface area (TPSA) is 36.4 Å². The maximum Gasteiger partial charge on any atom is 0.191 e. The summed E-state index contributed by atoms with van der Waals surface area (Å²) >= 11 is 0. The van der Waals surface area contributed by atoms with Gasteiger partial charge in [-0.3, -0.25) is 4.99 Å². The van der Waals surface area contributed by atoms with E-state index in [0.717, 1.165) is 25.0 Å². The molecule has 0 aromatic heterocycles. The lowest BCUT2D eigenvalue weighted by atomic mass is 9.86. The molecule has 0 spiro atoms. The minimum absolute atomic E-state index is 0.651. The van der Waals surface area contributed by atoms with E-state index in [0.29, 0.717) is 6.04 Å². The van der Waals surface area contributed by atoms with Crippen molar-refractivity contribution in [1.29, 1.82) is 0 Å². The molecule has 1 aliphatic heterocycles. The molecule has 2 rings (SSSR count). The molecule has 0 amide bonds. The Labute approximate surface area is 80.0 Å². The number of rotatable bonds is 1. The first kappa shape index (κ1) is 8.85. The van der Waals surface area contributed by atoms with Gasteiger partial charge in [0.2, 0.25) is 0 Å². The van der Waals surface area contributed by atoms with E-state index in [-0.39, 0.29) is 0 Å². The van der Waals surface area contributed by atoms with Crippen molar-refractivity contribution in [3.8, 4) is 0 Å². The summed E-state index contributed by atoms with van der Waals surface area (Å²) in [5, 5.41) is 6.77. The maximum absolute atomic E-state index is 4.36. The number of hydrogen-bond donors (Lipinski definition) is 2. The summed E-state index contributed by atoms with van der Waals surface area (Å²) in [7, 11) is 0. The standard InChI is InChI=1S/C10H19N3/c1-8-4-2-3-5-9(8)13-10-11-6-7-12-10/h8-9H,2-7H2,1H3,(H2,11,12,13). The average Bonchev–Trinajstić information content (AvgIpc) is 2.61. The molecule has 0 radical (unpaired) electrons. The van der Waals surface area contributed by atoms with Crippen molar-refractivity contribution in [1.82, 2.24) is 10.6 Å². The van der Waals surface area contributed by atoms with Crippen LogP contribution >= 0.6 is 0 Å². The lowest BCUT2D eigenvalue weighted by Crippen LogP contribution is -2.45. The number of nitrogens with zero attached hydrogens (tertiary/aromatic N) is 1. The van der Waals surface area contributed by atoms with Gasteiger partial charge in [0, 0.05) is 12.6 Å². The van der Waals surface area contributed by atoms with E-state index >= 15 is 0 Å². The molecule has 3 nitrogen and oxygen atoms in total. The molecule has 1 heterocycles. The Morgan fingerprint density at radius 1 is 1.38 bits per heavy atom. The van der Waals surface area contributed by atoms with E-state index in [1.807, 2.05) is 0 Å². The molecule has 3 heteroatoms. The quantitative estimate of drug-likeness (QED) is 0.636. The third kappa shape index (κ3) is 2.14. The minimum atomic E-state index is 0.651. The summed E-state index contributed by atoms with van der Waals surface area (Å²) in [4.78, 5) is 4.36.